The van der Waals surface area contributed by atoms with Gasteiger partial charge >= 0.3 is 0 Å². The Morgan fingerprint density at radius 1 is 1.23 bits per heavy atom. The molecule has 0 fully saturated rings. The van der Waals surface area contributed by atoms with E-state index >= 15 is 0 Å². The molecule has 1 unspecified atom stereocenters. The van der Waals surface area contributed by atoms with Gasteiger partial charge in [-0.2, -0.15) is 0 Å². The van der Waals surface area contributed by atoms with E-state index in [1.54, 1.807) is 7.11 Å². The van der Waals surface area contributed by atoms with Crippen molar-refractivity contribution in [1.82, 2.24) is 5.32 Å². The molecule has 1 atom stereocenters. The quantitative estimate of drug-likeness (QED) is 0.584. The van der Waals surface area contributed by atoms with Gasteiger partial charge in [-0.3, -0.25) is 0 Å². The van der Waals surface area contributed by atoms with E-state index in [1.807, 2.05) is 13.8 Å². The predicted octanol–water partition coefficient (Wildman–Crippen LogP) is 1.28. The van der Waals surface area contributed by atoms with Gasteiger partial charge in [-0.05, 0) is 26.3 Å². The molecule has 13 heavy (non-hydrogen) atoms. The Hall–Kier alpha value is -0.120. The van der Waals surface area contributed by atoms with Gasteiger partial charge in [-0.15, -0.1) is 0 Å². The minimum absolute atomic E-state index is 0.332. The van der Waals surface area contributed by atoms with Gasteiger partial charge in [-0.1, -0.05) is 6.92 Å². The first kappa shape index (κ1) is 12.9. The monoisotopic (exact) mass is 189 g/mol. The minimum atomic E-state index is 0.332. The van der Waals surface area contributed by atoms with E-state index in [0.717, 1.165) is 26.3 Å². The van der Waals surface area contributed by atoms with Crippen LogP contribution in [0.2, 0.25) is 0 Å². The molecule has 0 spiro atoms. The summed E-state index contributed by atoms with van der Waals surface area (Å²) in [6, 6.07) is 0. The summed E-state index contributed by atoms with van der Waals surface area (Å²) in [7, 11) is 1.73. The topological polar surface area (TPSA) is 30.5 Å². The van der Waals surface area contributed by atoms with Crippen molar-refractivity contribution < 1.29 is 9.47 Å². The Morgan fingerprint density at radius 2 is 1.92 bits per heavy atom. The van der Waals surface area contributed by atoms with Crippen LogP contribution < -0.4 is 5.32 Å². The first-order valence-electron chi connectivity index (χ1n) is 4.98. The number of ether oxygens (including phenoxy) is 2. The average molecular weight is 189 g/mol. The Balaban J connectivity index is 3.06. The molecule has 80 valence electrons. The van der Waals surface area contributed by atoms with E-state index in [2.05, 4.69) is 12.2 Å². The first-order chi connectivity index (χ1) is 6.16. The molecule has 0 aliphatic rings. The van der Waals surface area contributed by atoms with Crippen molar-refractivity contribution >= 4 is 0 Å². The van der Waals surface area contributed by atoms with Gasteiger partial charge in [0.05, 0.1) is 12.7 Å². The Morgan fingerprint density at radius 3 is 2.46 bits per heavy atom. The molecule has 0 amide bonds. The van der Waals surface area contributed by atoms with Gasteiger partial charge in [-0.25, -0.2) is 0 Å². The van der Waals surface area contributed by atoms with Crippen LogP contribution in [-0.4, -0.2) is 39.5 Å². The highest BCUT2D eigenvalue weighted by molar-refractivity contribution is 4.55. The van der Waals surface area contributed by atoms with Crippen LogP contribution in [0.15, 0.2) is 0 Å². The van der Waals surface area contributed by atoms with E-state index < -0.39 is 0 Å². The molecule has 3 nitrogen and oxygen atoms in total. The summed E-state index contributed by atoms with van der Waals surface area (Å²) in [4.78, 5) is 0. The van der Waals surface area contributed by atoms with Crippen LogP contribution in [0, 0.1) is 5.92 Å². The van der Waals surface area contributed by atoms with Crippen molar-refractivity contribution in [1.29, 1.82) is 0 Å². The van der Waals surface area contributed by atoms with Crippen LogP contribution in [0.4, 0.5) is 0 Å². The fraction of sp³-hybridized carbons (Fsp3) is 1.00. The third-order valence-corrected chi connectivity index (χ3v) is 1.67. The maximum atomic E-state index is 5.39. The summed E-state index contributed by atoms with van der Waals surface area (Å²) >= 11 is 0. The van der Waals surface area contributed by atoms with E-state index in [0.29, 0.717) is 12.0 Å². The van der Waals surface area contributed by atoms with Crippen LogP contribution >= 0.6 is 0 Å². The molecule has 0 bridgehead atoms. The molecule has 0 radical (unpaired) electrons. The second-order valence-corrected chi connectivity index (χ2v) is 3.68. The lowest BCUT2D eigenvalue weighted by Crippen LogP contribution is -2.27. The van der Waals surface area contributed by atoms with Crippen molar-refractivity contribution in [2.45, 2.75) is 26.9 Å². The summed E-state index contributed by atoms with van der Waals surface area (Å²) in [5.74, 6) is 0.573. The number of hydrogen-bond donors (Lipinski definition) is 1. The zero-order valence-corrected chi connectivity index (χ0v) is 9.30. The molecule has 1 N–H and O–H groups in total. The molecule has 0 heterocycles. The largest absolute Gasteiger partial charge is 0.384 e. The minimum Gasteiger partial charge on any atom is -0.384 e. The normalized spacial score (nSPS) is 13.6. The number of hydrogen-bond acceptors (Lipinski definition) is 3. The van der Waals surface area contributed by atoms with Gasteiger partial charge in [0.1, 0.15) is 0 Å². The van der Waals surface area contributed by atoms with Crippen molar-refractivity contribution in [2.75, 3.05) is 33.4 Å². The fourth-order valence-corrected chi connectivity index (χ4v) is 1.06. The average Bonchev–Trinajstić information content (AvgIpc) is 2.03. The molecule has 0 saturated heterocycles. The summed E-state index contributed by atoms with van der Waals surface area (Å²) in [5.41, 5.74) is 0. The Bertz CT molecular complexity index is 107. The SMILES string of the molecule is COCC(C)CNCCOC(C)C. The summed E-state index contributed by atoms with van der Waals surface area (Å²) < 4.78 is 10.4. The van der Waals surface area contributed by atoms with Gasteiger partial charge in [0.15, 0.2) is 0 Å². The summed E-state index contributed by atoms with van der Waals surface area (Å²) in [6.07, 6.45) is 0.332. The van der Waals surface area contributed by atoms with Crippen LogP contribution in [0.1, 0.15) is 20.8 Å². The van der Waals surface area contributed by atoms with Gasteiger partial charge < -0.3 is 14.8 Å². The standard InChI is InChI=1S/C10H23NO2/c1-9(2)13-6-5-11-7-10(3)8-12-4/h9-11H,5-8H2,1-4H3. The van der Waals surface area contributed by atoms with Gasteiger partial charge in [0.25, 0.3) is 0 Å². The second kappa shape index (κ2) is 8.48. The van der Waals surface area contributed by atoms with Crippen molar-refractivity contribution in [3.63, 3.8) is 0 Å². The molecule has 0 aromatic rings. The highest BCUT2D eigenvalue weighted by atomic mass is 16.5. The molecule has 3 heteroatoms. The fourth-order valence-electron chi connectivity index (χ4n) is 1.06. The van der Waals surface area contributed by atoms with E-state index in [4.69, 9.17) is 9.47 Å². The summed E-state index contributed by atoms with van der Waals surface area (Å²) in [5, 5.41) is 3.32. The smallest absolute Gasteiger partial charge is 0.0594 e. The lowest BCUT2D eigenvalue weighted by atomic mass is 10.2. The van der Waals surface area contributed by atoms with Crippen LogP contribution in [0.25, 0.3) is 0 Å². The number of nitrogens with one attached hydrogen (secondary N) is 1. The number of methoxy groups -OCH3 is 1. The third kappa shape index (κ3) is 9.80. The first-order valence-corrected chi connectivity index (χ1v) is 4.98. The van der Waals surface area contributed by atoms with E-state index in [-0.39, 0.29) is 0 Å². The van der Waals surface area contributed by atoms with Crippen molar-refractivity contribution in [3.05, 3.63) is 0 Å². The predicted molar refractivity (Wildman–Crippen MR) is 55.0 cm³/mol. The molecular weight excluding hydrogens is 166 g/mol. The molecule has 0 aromatic carbocycles. The van der Waals surface area contributed by atoms with E-state index in [1.165, 1.54) is 0 Å². The second-order valence-electron chi connectivity index (χ2n) is 3.68. The maximum Gasteiger partial charge on any atom is 0.0594 e. The maximum absolute atomic E-state index is 5.39. The lowest BCUT2D eigenvalue weighted by Gasteiger charge is -2.12. The van der Waals surface area contributed by atoms with E-state index in [9.17, 15) is 0 Å². The van der Waals surface area contributed by atoms with Crippen LogP contribution in [0.5, 0.6) is 0 Å². The highest BCUT2D eigenvalue weighted by Crippen LogP contribution is 1.91. The number of rotatable bonds is 8. The van der Waals surface area contributed by atoms with Crippen LogP contribution in [0.3, 0.4) is 0 Å². The third-order valence-electron chi connectivity index (χ3n) is 1.67. The molecule has 0 saturated carbocycles. The summed E-state index contributed by atoms with van der Waals surface area (Å²) in [6.45, 7) is 9.79. The Kier molecular flexibility index (Phi) is 8.40. The van der Waals surface area contributed by atoms with Gasteiger partial charge in [0.2, 0.25) is 0 Å². The van der Waals surface area contributed by atoms with Crippen molar-refractivity contribution in [3.8, 4) is 0 Å². The van der Waals surface area contributed by atoms with Gasteiger partial charge in [0, 0.05) is 20.3 Å². The molecule has 0 aliphatic heterocycles. The highest BCUT2D eigenvalue weighted by Gasteiger charge is 1.99. The van der Waals surface area contributed by atoms with Crippen LogP contribution in [-0.2, 0) is 9.47 Å². The molecule has 0 aromatic heterocycles. The zero-order chi connectivity index (χ0) is 10.1. The van der Waals surface area contributed by atoms with Crippen molar-refractivity contribution in [2.24, 2.45) is 5.92 Å². The molecular formula is C10H23NO2. The Labute approximate surface area is 81.8 Å². The zero-order valence-electron chi connectivity index (χ0n) is 9.30. The molecule has 0 rings (SSSR count). The lowest BCUT2D eigenvalue weighted by molar-refractivity contribution is 0.0794. The molecule has 0 aliphatic carbocycles.